The molecule has 8 heavy (non-hydrogen) atoms. The molecule has 0 rings (SSSR count). The van der Waals surface area contributed by atoms with Gasteiger partial charge in [-0.2, -0.15) is 0 Å². The summed E-state index contributed by atoms with van der Waals surface area (Å²) in [4.78, 5) is 4.80. The van der Waals surface area contributed by atoms with Crippen LogP contribution in [0.2, 0.25) is 0 Å². The Kier molecular flexibility index (Phi) is 4.32. The number of nitrogens with zero attached hydrogens (tertiary/aromatic N) is 1. The first kappa shape index (κ1) is 7.47. The van der Waals surface area contributed by atoms with Crippen LogP contribution in [0.15, 0.2) is 5.16 Å². The van der Waals surface area contributed by atoms with Crippen LogP contribution in [0, 0.1) is 0 Å². The Bertz CT molecular complexity index is 63.5. The van der Waals surface area contributed by atoms with Gasteiger partial charge in [-0.3, -0.25) is 0 Å². The molecule has 0 aromatic rings. The van der Waals surface area contributed by atoms with E-state index in [1.807, 2.05) is 6.92 Å². The van der Waals surface area contributed by atoms with E-state index in [0.29, 0.717) is 0 Å². The van der Waals surface area contributed by atoms with Crippen molar-refractivity contribution >= 4 is 6.72 Å². The van der Waals surface area contributed by atoms with Gasteiger partial charge < -0.3 is 4.84 Å². The number of hydrogen-bond donors (Lipinski definition) is 0. The smallest absolute Gasteiger partial charge is 0.124 e. The molecule has 1 unspecified atom stereocenters. The van der Waals surface area contributed by atoms with Crippen LogP contribution < -0.4 is 0 Å². The molecule has 1 atom stereocenters. The molecule has 0 aliphatic carbocycles. The normalized spacial score (nSPS) is 12.8. The Balaban J connectivity index is 3.03. The molecular formula is C6H13NO. The third-order valence-electron chi connectivity index (χ3n) is 0.950. The van der Waals surface area contributed by atoms with Crippen molar-refractivity contribution in [3.8, 4) is 0 Å². The first-order valence-corrected chi connectivity index (χ1v) is 2.93. The summed E-state index contributed by atoms with van der Waals surface area (Å²) in [5.41, 5.74) is 0. The summed E-state index contributed by atoms with van der Waals surface area (Å²) < 4.78 is 0. The Labute approximate surface area is 50.5 Å². The lowest BCUT2D eigenvalue weighted by Crippen LogP contribution is -2.01. The van der Waals surface area contributed by atoms with Crippen LogP contribution in [-0.2, 0) is 4.84 Å². The van der Waals surface area contributed by atoms with Gasteiger partial charge in [0.2, 0.25) is 0 Å². The summed E-state index contributed by atoms with van der Waals surface area (Å²) in [6, 6.07) is 0. The molecule has 0 bridgehead atoms. The first-order chi connectivity index (χ1) is 3.81. The number of rotatable bonds is 4. The van der Waals surface area contributed by atoms with Crippen LogP contribution in [0.25, 0.3) is 0 Å². The standard InChI is InChI=1S/C6H13NO/c1-4-5-6(2)8-7-3/h6H,3-5H2,1-2H3. The molecule has 0 aliphatic rings. The lowest BCUT2D eigenvalue weighted by atomic mass is 10.2. The summed E-state index contributed by atoms with van der Waals surface area (Å²) in [7, 11) is 0. The van der Waals surface area contributed by atoms with Crippen molar-refractivity contribution in [2.45, 2.75) is 32.8 Å². The molecule has 0 N–H and O–H groups in total. The quantitative estimate of drug-likeness (QED) is 0.404. The molecule has 48 valence electrons. The molecule has 0 spiro atoms. The van der Waals surface area contributed by atoms with Crippen LogP contribution in [0.4, 0.5) is 0 Å². The second kappa shape index (κ2) is 4.62. The van der Waals surface area contributed by atoms with Crippen molar-refractivity contribution in [3.63, 3.8) is 0 Å². The van der Waals surface area contributed by atoms with Crippen molar-refractivity contribution in [1.82, 2.24) is 0 Å². The number of hydrogen-bond acceptors (Lipinski definition) is 2. The second-order valence-corrected chi connectivity index (χ2v) is 1.83. The van der Waals surface area contributed by atoms with E-state index < -0.39 is 0 Å². The fourth-order valence-corrected chi connectivity index (χ4v) is 0.586. The van der Waals surface area contributed by atoms with Crippen LogP contribution >= 0.6 is 0 Å². The minimum absolute atomic E-state index is 0.234. The van der Waals surface area contributed by atoms with Gasteiger partial charge in [0, 0.05) is 6.72 Å². The van der Waals surface area contributed by atoms with Crippen LogP contribution in [0.1, 0.15) is 26.7 Å². The highest BCUT2D eigenvalue weighted by Crippen LogP contribution is 1.99. The maximum atomic E-state index is 4.80. The van der Waals surface area contributed by atoms with E-state index in [-0.39, 0.29) is 6.10 Å². The molecule has 0 aliphatic heterocycles. The van der Waals surface area contributed by atoms with Gasteiger partial charge in [-0.05, 0) is 13.3 Å². The maximum Gasteiger partial charge on any atom is 0.124 e. The zero-order valence-corrected chi connectivity index (χ0v) is 5.55. The predicted octanol–water partition coefficient (Wildman–Crippen LogP) is 1.81. The molecule has 0 aromatic carbocycles. The van der Waals surface area contributed by atoms with E-state index >= 15 is 0 Å². The summed E-state index contributed by atoms with van der Waals surface area (Å²) in [5, 5.41) is 3.30. The average Bonchev–Trinajstić information content (AvgIpc) is 1.68. The van der Waals surface area contributed by atoms with Gasteiger partial charge in [-0.1, -0.05) is 13.3 Å². The van der Waals surface area contributed by atoms with Gasteiger partial charge >= 0.3 is 0 Å². The van der Waals surface area contributed by atoms with Crippen molar-refractivity contribution in [2.75, 3.05) is 0 Å². The van der Waals surface area contributed by atoms with E-state index in [1.54, 1.807) is 0 Å². The van der Waals surface area contributed by atoms with E-state index in [9.17, 15) is 0 Å². The highest BCUT2D eigenvalue weighted by molar-refractivity contribution is 5.21. The highest BCUT2D eigenvalue weighted by Gasteiger charge is 1.96. The molecule has 0 fully saturated rings. The molecule has 0 radical (unpaired) electrons. The van der Waals surface area contributed by atoms with Gasteiger partial charge in [-0.15, -0.1) is 5.16 Å². The van der Waals surface area contributed by atoms with Gasteiger partial charge in [0.05, 0.1) is 0 Å². The largest absolute Gasteiger partial charge is 0.393 e. The lowest BCUT2D eigenvalue weighted by Gasteiger charge is -2.04. The molecular weight excluding hydrogens is 102 g/mol. The molecule has 0 saturated carbocycles. The topological polar surface area (TPSA) is 21.6 Å². The fourth-order valence-electron chi connectivity index (χ4n) is 0.586. The van der Waals surface area contributed by atoms with Crippen LogP contribution in [0.3, 0.4) is 0 Å². The predicted molar refractivity (Wildman–Crippen MR) is 35.0 cm³/mol. The summed E-state index contributed by atoms with van der Waals surface area (Å²) in [6.07, 6.45) is 2.42. The van der Waals surface area contributed by atoms with E-state index in [1.165, 1.54) is 0 Å². The zero-order chi connectivity index (χ0) is 6.41. The van der Waals surface area contributed by atoms with Crippen molar-refractivity contribution in [3.05, 3.63) is 0 Å². The van der Waals surface area contributed by atoms with E-state index in [2.05, 4.69) is 18.8 Å². The van der Waals surface area contributed by atoms with Gasteiger partial charge in [0.15, 0.2) is 0 Å². The van der Waals surface area contributed by atoms with Crippen LogP contribution in [-0.4, -0.2) is 12.8 Å². The van der Waals surface area contributed by atoms with E-state index in [4.69, 9.17) is 4.84 Å². The molecule has 0 saturated heterocycles. The van der Waals surface area contributed by atoms with Gasteiger partial charge in [0.1, 0.15) is 6.10 Å². The van der Waals surface area contributed by atoms with Crippen molar-refractivity contribution < 1.29 is 4.84 Å². The molecule has 0 aromatic heterocycles. The van der Waals surface area contributed by atoms with Crippen molar-refractivity contribution in [1.29, 1.82) is 0 Å². The first-order valence-electron chi connectivity index (χ1n) is 2.93. The lowest BCUT2D eigenvalue weighted by molar-refractivity contribution is 0.0680. The third kappa shape index (κ3) is 3.65. The fraction of sp³-hybridized carbons (Fsp3) is 0.833. The Morgan fingerprint density at radius 3 is 2.75 bits per heavy atom. The van der Waals surface area contributed by atoms with Gasteiger partial charge in [0.25, 0.3) is 0 Å². The Hall–Kier alpha value is -0.530. The molecule has 0 amide bonds. The maximum absolute atomic E-state index is 4.80. The molecule has 2 heteroatoms. The second-order valence-electron chi connectivity index (χ2n) is 1.83. The highest BCUT2D eigenvalue weighted by atomic mass is 16.6. The SMILES string of the molecule is C=NOC(C)CCC. The molecule has 2 nitrogen and oxygen atoms in total. The summed E-state index contributed by atoms with van der Waals surface area (Å²) in [5.74, 6) is 0. The zero-order valence-electron chi connectivity index (χ0n) is 5.55. The van der Waals surface area contributed by atoms with Crippen molar-refractivity contribution in [2.24, 2.45) is 5.16 Å². The minimum atomic E-state index is 0.234. The Morgan fingerprint density at radius 2 is 2.38 bits per heavy atom. The average molecular weight is 115 g/mol. The Morgan fingerprint density at radius 1 is 1.75 bits per heavy atom. The van der Waals surface area contributed by atoms with E-state index in [0.717, 1.165) is 12.8 Å². The third-order valence-corrected chi connectivity index (χ3v) is 0.950. The number of oxime groups is 1. The summed E-state index contributed by atoms with van der Waals surface area (Å²) in [6.45, 7) is 7.31. The monoisotopic (exact) mass is 115 g/mol. The summed E-state index contributed by atoms with van der Waals surface area (Å²) >= 11 is 0. The van der Waals surface area contributed by atoms with Crippen LogP contribution in [0.5, 0.6) is 0 Å². The molecule has 0 heterocycles. The minimum Gasteiger partial charge on any atom is -0.393 e. The van der Waals surface area contributed by atoms with Gasteiger partial charge in [-0.25, -0.2) is 0 Å².